The Kier molecular flexibility index (Phi) is 7.01. The molecule has 118 valence electrons. The standard InChI is InChI=1S/C20H32O/c1-7-9-10-16(3)14-17-15-18(20(4,5)6)11-12-19(17)21-13-8-2/h9-12,15-16H,7-8,13-14H2,1-6H3/b10-9-. The fourth-order valence-electron chi connectivity index (χ4n) is 2.34. The molecule has 0 saturated heterocycles. The first kappa shape index (κ1) is 17.8. The quantitative estimate of drug-likeness (QED) is 0.566. The molecule has 0 aliphatic carbocycles. The van der Waals surface area contributed by atoms with E-state index in [1.807, 2.05) is 0 Å². The fraction of sp³-hybridized carbons (Fsp3) is 0.600. The summed E-state index contributed by atoms with van der Waals surface area (Å²) in [6.45, 7) is 14.2. The molecule has 0 heterocycles. The minimum absolute atomic E-state index is 0.181. The van der Waals surface area contributed by atoms with Crippen LogP contribution >= 0.6 is 0 Å². The van der Waals surface area contributed by atoms with E-state index in [0.29, 0.717) is 5.92 Å². The van der Waals surface area contributed by atoms with Gasteiger partial charge in [-0.3, -0.25) is 0 Å². The van der Waals surface area contributed by atoms with Crippen molar-refractivity contribution in [2.75, 3.05) is 6.61 Å². The van der Waals surface area contributed by atoms with Crippen molar-refractivity contribution < 1.29 is 4.74 Å². The minimum atomic E-state index is 0.181. The van der Waals surface area contributed by atoms with E-state index >= 15 is 0 Å². The lowest BCUT2D eigenvalue weighted by Crippen LogP contribution is -2.12. The van der Waals surface area contributed by atoms with E-state index in [9.17, 15) is 0 Å². The van der Waals surface area contributed by atoms with Crippen molar-refractivity contribution in [2.45, 2.75) is 66.2 Å². The largest absolute Gasteiger partial charge is 0.493 e. The molecule has 1 rings (SSSR count). The molecule has 0 aromatic heterocycles. The van der Waals surface area contributed by atoms with Gasteiger partial charge in [0.15, 0.2) is 0 Å². The zero-order chi connectivity index (χ0) is 15.9. The van der Waals surface area contributed by atoms with Crippen molar-refractivity contribution in [3.63, 3.8) is 0 Å². The van der Waals surface area contributed by atoms with Crippen LogP contribution in [0, 0.1) is 5.92 Å². The molecule has 1 aromatic carbocycles. The first-order valence-corrected chi connectivity index (χ1v) is 8.31. The van der Waals surface area contributed by atoms with Gasteiger partial charge in [0.05, 0.1) is 6.61 Å². The average Bonchev–Trinajstić information content (AvgIpc) is 2.42. The van der Waals surface area contributed by atoms with Gasteiger partial charge in [0.1, 0.15) is 5.75 Å². The van der Waals surface area contributed by atoms with Gasteiger partial charge in [-0.1, -0.05) is 65.8 Å². The smallest absolute Gasteiger partial charge is 0.122 e. The van der Waals surface area contributed by atoms with Crippen LogP contribution in [0.2, 0.25) is 0 Å². The maximum atomic E-state index is 5.94. The van der Waals surface area contributed by atoms with Gasteiger partial charge in [-0.05, 0) is 47.8 Å². The highest BCUT2D eigenvalue weighted by atomic mass is 16.5. The second-order valence-electron chi connectivity index (χ2n) is 6.94. The van der Waals surface area contributed by atoms with Crippen LogP contribution in [0.5, 0.6) is 5.75 Å². The zero-order valence-electron chi connectivity index (χ0n) is 14.7. The van der Waals surface area contributed by atoms with E-state index in [0.717, 1.165) is 31.6 Å². The predicted octanol–water partition coefficient (Wildman–Crippen LogP) is 5.92. The molecular weight excluding hydrogens is 256 g/mol. The normalized spacial score (nSPS) is 13.6. The number of hydrogen-bond donors (Lipinski definition) is 0. The summed E-state index contributed by atoms with van der Waals surface area (Å²) in [6, 6.07) is 6.70. The van der Waals surface area contributed by atoms with Crippen molar-refractivity contribution in [3.05, 3.63) is 41.5 Å². The Morgan fingerprint density at radius 2 is 1.90 bits per heavy atom. The average molecular weight is 288 g/mol. The molecule has 0 aliphatic heterocycles. The van der Waals surface area contributed by atoms with Crippen LogP contribution in [0.15, 0.2) is 30.4 Å². The zero-order valence-corrected chi connectivity index (χ0v) is 14.7. The van der Waals surface area contributed by atoms with Gasteiger partial charge in [0.25, 0.3) is 0 Å². The summed E-state index contributed by atoms with van der Waals surface area (Å²) in [7, 11) is 0. The van der Waals surface area contributed by atoms with E-state index in [1.54, 1.807) is 0 Å². The van der Waals surface area contributed by atoms with E-state index in [1.165, 1.54) is 11.1 Å². The molecule has 1 atom stereocenters. The van der Waals surface area contributed by atoms with E-state index in [2.05, 4.69) is 71.9 Å². The highest BCUT2D eigenvalue weighted by Gasteiger charge is 2.16. The maximum absolute atomic E-state index is 5.94. The number of rotatable bonds is 7. The van der Waals surface area contributed by atoms with Crippen molar-refractivity contribution in [1.82, 2.24) is 0 Å². The van der Waals surface area contributed by atoms with E-state index in [4.69, 9.17) is 4.74 Å². The summed E-state index contributed by atoms with van der Waals surface area (Å²) in [4.78, 5) is 0. The van der Waals surface area contributed by atoms with Crippen LogP contribution in [0.25, 0.3) is 0 Å². The molecule has 1 heteroatoms. The number of ether oxygens (including phenoxy) is 1. The molecule has 0 fully saturated rings. The lowest BCUT2D eigenvalue weighted by atomic mass is 9.85. The summed E-state index contributed by atoms with van der Waals surface area (Å²) in [5.41, 5.74) is 2.90. The summed E-state index contributed by atoms with van der Waals surface area (Å²) < 4.78 is 5.94. The Bertz CT molecular complexity index is 451. The maximum Gasteiger partial charge on any atom is 0.122 e. The molecule has 0 bridgehead atoms. The van der Waals surface area contributed by atoms with Crippen molar-refractivity contribution in [3.8, 4) is 5.75 Å². The Balaban J connectivity index is 3.01. The Morgan fingerprint density at radius 3 is 2.48 bits per heavy atom. The molecule has 1 unspecified atom stereocenters. The molecule has 1 aromatic rings. The van der Waals surface area contributed by atoms with Gasteiger partial charge in [-0.15, -0.1) is 0 Å². The van der Waals surface area contributed by atoms with Gasteiger partial charge in [0, 0.05) is 0 Å². The number of allylic oxidation sites excluding steroid dienone is 2. The van der Waals surface area contributed by atoms with Gasteiger partial charge in [-0.2, -0.15) is 0 Å². The van der Waals surface area contributed by atoms with E-state index < -0.39 is 0 Å². The fourth-order valence-corrected chi connectivity index (χ4v) is 2.34. The van der Waals surface area contributed by atoms with Crippen molar-refractivity contribution >= 4 is 0 Å². The molecule has 0 spiro atoms. The molecule has 0 saturated carbocycles. The van der Waals surface area contributed by atoms with Crippen molar-refractivity contribution in [1.29, 1.82) is 0 Å². The molecule has 21 heavy (non-hydrogen) atoms. The highest BCUT2D eigenvalue weighted by Crippen LogP contribution is 2.30. The predicted molar refractivity (Wildman–Crippen MR) is 93.2 cm³/mol. The number of hydrogen-bond acceptors (Lipinski definition) is 1. The number of benzene rings is 1. The van der Waals surface area contributed by atoms with E-state index in [-0.39, 0.29) is 5.41 Å². The van der Waals surface area contributed by atoms with Crippen LogP contribution in [-0.2, 0) is 11.8 Å². The molecule has 0 amide bonds. The highest BCUT2D eigenvalue weighted by molar-refractivity contribution is 5.40. The third kappa shape index (κ3) is 5.95. The lowest BCUT2D eigenvalue weighted by molar-refractivity contribution is 0.313. The molecule has 0 N–H and O–H groups in total. The second kappa shape index (κ2) is 8.26. The summed E-state index contributed by atoms with van der Waals surface area (Å²) in [5, 5.41) is 0. The Morgan fingerprint density at radius 1 is 1.19 bits per heavy atom. The van der Waals surface area contributed by atoms with Crippen molar-refractivity contribution in [2.24, 2.45) is 5.92 Å². The summed E-state index contributed by atoms with van der Waals surface area (Å²) >= 11 is 0. The Labute approximate surface area is 131 Å². The topological polar surface area (TPSA) is 9.23 Å². The molecule has 1 nitrogen and oxygen atoms in total. The van der Waals surface area contributed by atoms with Gasteiger partial charge in [0.2, 0.25) is 0 Å². The summed E-state index contributed by atoms with van der Waals surface area (Å²) in [6.07, 6.45) is 7.76. The third-order valence-electron chi connectivity index (χ3n) is 3.63. The van der Waals surface area contributed by atoms with Crippen LogP contribution in [-0.4, -0.2) is 6.61 Å². The van der Waals surface area contributed by atoms with Gasteiger partial charge >= 0.3 is 0 Å². The van der Waals surface area contributed by atoms with Crippen LogP contribution in [0.4, 0.5) is 0 Å². The monoisotopic (exact) mass is 288 g/mol. The molecule has 0 radical (unpaired) electrons. The second-order valence-corrected chi connectivity index (χ2v) is 6.94. The third-order valence-corrected chi connectivity index (χ3v) is 3.63. The van der Waals surface area contributed by atoms with Crippen LogP contribution in [0.1, 0.15) is 65.5 Å². The van der Waals surface area contributed by atoms with Crippen LogP contribution < -0.4 is 4.74 Å². The lowest BCUT2D eigenvalue weighted by Gasteiger charge is -2.22. The first-order chi connectivity index (χ1) is 9.88. The Hall–Kier alpha value is -1.24. The summed E-state index contributed by atoms with van der Waals surface area (Å²) in [5.74, 6) is 1.60. The SMILES string of the molecule is CC/C=C\C(C)Cc1cc(C(C)(C)C)ccc1OCCC. The molecule has 0 aliphatic rings. The minimum Gasteiger partial charge on any atom is -0.493 e. The molecular formula is C20H32O. The van der Waals surface area contributed by atoms with Gasteiger partial charge < -0.3 is 4.74 Å². The first-order valence-electron chi connectivity index (χ1n) is 8.31. The van der Waals surface area contributed by atoms with Gasteiger partial charge in [-0.25, -0.2) is 0 Å². The van der Waals surface area contributed by atoms with Crippen LogP contribution in [0.3, 0.4) is 0 Å².